The van der Waals surface area contributed by atoms with E-state index >= 15 is 0 Å². The third-order valence-corrected chi connectivity index (χ3v) is 3.39. The summed E-state index contributed by atoms with van der Waals surface area (Å²) in [6.07, 6.45) is 0. The summed E-state index contributed by atoms with van der Waals surface area (Å²) in [6, 6.07) is 15.4. The van der Waals surface area contributed by atoms with Gasteiger partial charge in [0.2, 0.25) is 0 Å². The normalized spacial score (nSPS) is 12.9. The highest BCUT2D eigenvalue weighted by atomic mass is 16.5. The summed E-state index contributed by atoms with van der Waals surface area (Å²) < 4.78 is 5.16. The topological polar surface area (TPSA) is 65.3 Å². The third-order valence-electron chi connectivity index (χ3n) is 3.39. The van der Waals surface area contributed by atoms with Crippen LogP contribution in [0.3, 0.4) is 0 Å². The van der Waals surface area contributed by atoms with Gasteiger partial charge in [0.25, 0.3) is 0 Å². The number of nitrogens with zero attached hydrogens (tertiary/aromatic N) is 1. The number of rotatable bonds is 3. The number of benzene rings is 2. The van der Waals surface area contributed by atoms with Gasteiger partial charge < -0.3 is 15.0 Å². The van der Waals surface area contributed by atoms with E-state index in [0.717, 1.165) is 22.3 Å². The lowest BCUT2D eigenvalue weighted by Gasteiger charge is -2.08. The highest BCUT2D eigenvalue weighted by Crippen LogP contribution is 2.15. The summed E-state index contributed by atoms with van der Waals surface area (Å²) in [6.45, 7) is 1.13. The Morgan fingerprint density at radius 1 is 1.25 bits per heavy atom. The number of hydrogen-bond donors (Lipinski definition) is 2. The number of fused-ring (bicyclic) bond motifs is 1. The van der Waals surface area contributed by atoms with Crippen LogP contribution in [0.5, 0.6) is 0 Å². The van der Waals surface area contributed by atoms with E-state index in [1.54, 1.807) is 12.1 Å². The molecule has 0 saturated carbocycles. The largest absolute Gasteiger partial charge is 0.491 e. The zero-order valence-corrected chi connectivity index (χ0v) is 10.8. The second-order valence-corrected chi connectivity index (χ2v) is 4.74. The molecule has 98 valence electrons. The van der Waals surface area contributed by atoms with Crippen LogP contribution in [0.1, 0.15) is 16.7 Å². The van der Waals surface area contributed by atoms with Gasteiger partial charge in [-0.25, -0.2) is 0 Å². The van der Waals surface area contributed by atoms with Crippen molar-refractivity contribution in [2.75, 3.05) is 5.32 Å². The van der Waals surface area contributed by atoms with E-state index in [1.165, 1.54) is 0 Å². The van der Waals surface area contributed by atoms with Crippen LogP contribution < -0.4 is 10.8 Å². The van der Waals surface area contributed by atoms with Crippen LogP contribution in [0.25, 0.3) is 0 Å². The molecule has 1 aliphatic heterocycles. The Morgan fingerprint density at radius 3 is 2.80 bits per heavy atom. The van der Waals surface area contributed by atoms with Gasteiger partial charge in [0.05, 0.1) is 18.2 Å². The molecule has 0 unspecified atom stereocenters. The fourth-order valence-electron chi connectivity index (χ4n) is 2.23. The summed E-state index contributed by atoms with van der Waals surface area (Å²) >= 11 is 0. The molecule has 0 spiro atoms. The molecule has 0 saturated heterocycles. The van der Waals surface area contributed by atoms with Crippen molar-refractivity contribution in [2.45, 2.75) is 13.2 Å². The maximum atomic E-state index is 9.67. The van der Waals surface area contributed by atoms with Crippen molar-refractivity contribution in [3.05, 3.63) is 59.2 Å². The van der Waals surface area contributed by atoms with E-state index < -0.39 is 7.12 Å². The van der Waals surface area contributed by atoms with E-state index in [9.17, 15) is 5.02 Å². The summed E-state index contributed by atoms with van der Waals surface area (Å²) in [5, 5.41) is 21.7. The molecule has 0 radical (unpaired) electrons. The fraction of sp³-hybridized carbons (Fsp3) is 0.133. The van der Waals surface area contributed by atoms with Gasteiger partial charge in [0.15, 0.2) is 0 Å². The predicted octanol–water partition coefficient (Wildman–Crippen LogP) is 1.39. The van der Waals surface area contributed by atoms with Gasteiger partial charge in [-0.3, -0.25) is 0 Å². The molecule has 5 heteroatoms. The lowest BCUT2D eigenvalue weighted by molar-refractivity contribution is 0.275. The number of nitriles is 1. The quantitative estimate of drug-likeness (QED) is 0.822. The van der Waals surface area contributed by atoms with Crippen molar-refractivity contribution in [1.82, 2.24) is 0 Å². The molecule has 0 aromatic heterocycles. The summed E-state index contributed by atoms with van der Waals surface area (Å²) in [5.74, 6) is 0. The summed E-state index contributed by atoms with van der Waals surface area (Å²) in [7, 11) is -0.818. The smallest absolute Gasteiger partial charge is 0.423 e. The van der Waals surface area contributed by atoms with E-state index in [-0.39, 0.29) is 0 Å². The van der Waals surface area contributed by atoms with Crippen LogP contribution in [0.2, 0.25) is 0 Å². The fourth-order valence-corrected chi connectivity index (χ4v) is 2.23. The molecule has 2 aromatic rings. The molecule has 1 aliphatic rings. The third kappa shape index (κ3) is 2.52. The molecule has 2 aromatic carbocycles. The van der Waals surface area contributed by atoms with E-state index in [1.807, 2.05) is 30.3 Å². The Balaban J connectivity index is 1.69. The molecular formula is C15H13BN2O2. The standard InChI is InChI=1S/C15H13BN2O2/c17-8-11-1-3-12(4-2-11)9-18-14-6-5-13-10-20-16(19)15(13)7-14/h1-7,18-19H,9-10H2. The molecule has 3 rings (SSSR count). The first kappa shape index (κ1) is 12.7. The molecule has 0 fully saturated rings. The van der Waals surface area contributed by atoms with Crippen molar-refractivity contribution in [2.24, 2.45) is 0 Å². The van der Waals surface area contributed by atoms with Gasteiger partial charge in [0, 0.05) is 12.2 Å². The second kappa shape index (κ2) is 5.37. The highest BCUT2D eigenvalue weighted by Gasteiger charge is 2.27. The average Bonchev–Trinajstić information content (AvgIpc) is 2.87. The van der Waals surface area contributed by atoms with Gasteiger partial charge in [-0.05, 0) is 40.9 Å². The Hall–Kier alpha value is -2.29. The predicted molar refractivity (Wildman–Crippen MR) is 77.3 cm³/mol. The monoisotopic (exact) mass is 264 g/mol. The zero-order chi connectivity index (χ0) is 13.9. The molecule has 2 N–H and O–H groups in total. The van der Waals surface area contributed by atoms with Gasteiger partial charge in [-0.15, -0.1) is 0 Å². The van der Waals surface area contributed by atoms with Gasteiger partial charge in [0.1, 0.15) is 0 Å². The Bertz CT molecular complexity index is 665. The molecule has 0 aliphatic carbocycles. The van der Waals surface area contributed by atoms with Crippen molar-refractivity contribution < 1.29 is 9.68 Å². The number of hydrogen-bond acceptors (Lipinski definition) is 4. The Kier molecular flexibility index (Phi) is 3.42. The van der Waals surface area contributed by atoms with Crippen LogP contribution in [0, 0.1) is 11.3 Å². The average molecular weight is 264 g/mol. The molecule has 0 atom stereocenters. The van der Waals surface area contributed by atoms with Crippen LogP contribution in [0.15, 0.2) is 42.5 Å². The van der Waals surface area contributed by atoms with Crippen molar-refractivity contribution in [3.63, 3.8) is 0 Å². The Labute approximate surface area is 117 Å². The van der Waals surface area contributed by atoms with Crippen LogP contribution in [0.4, 0.5) is 5.69 Å². The molecule has 0 bridgehead atoms. The molecule has 20 heavy (non-hydrogen) atoms. The molecule has 0 amide bonds. The van der Waals surface area contributed by atoms with Crippen LogP contribution in [-0.2, 0) is 17.8 Å². The minimum absolute atomic E-state index is 0.465. The Morgan fingerprint density at radius 2 is 2.05 bits per heavy atom. The molecule has 1 heterocycles. The summed E-state index contributed by atoms with van der Waals surface area (Å²) in [5.41, 5.74) is 4.56. The number of anilines is 1. The minimum atomic E-state index is -0.818. The van der Waals surface area contributed by atoms with E-state index in [4.69, 9.17) is 9.92 Å². The van der Waals surface area contributed by atoms with Crippen molar-refractivity contribution in [3.8, 4) is 6.07 Å². The van der Waals surface area contributed by atoms with Gasteiger partial charge >= 0.3 is 7.12 Å². The van der Waals surface area contributed by atoms with E-state index in [2.05, 4.69) is 11.4 Å². The van der Waals surface area contributed by atoms with E-state index in [0.29, 0.717) is 18.7 Å². The first-order valence-corrected chi connectivity index (χ1v) is 6.41. The van der Waals surface area contributed by atoms with Crippen LogP contribution in [-0.4, -0.2) is 12.1 Å². The van der Waals surface area contributed by atoms with Gasteiger partial charge in [-0.1, -0.05) is 18.2 Å². The minimum Gasteiger partial charge on any atom is -0.423 e. The molecular weight excluding hydrogens is 251 g/mol. The summed E-state index contributed by atoms with van der Waals surface area (Å²) in [4.78, 5) is 0. The maximum absolute atomic E-state index is 9.67. The second-order valence-electron chi connectivity index (χ2n) is 4.74. The zero-order valence-electron chi connectivity index (χ0n) is 10.8. The molecule has 4 nitrogen and oxygen atoms in total. The first-order chi connectivity index (χ1) is 9.76. The lowest BCUT2D eigenvalue weighted by atomic mass is 9.79. The van der Waals surface area contributed by atoms with Gasteiger partial charge in [-0.2, -0.15) is 5.26 Å². The van der Waals surface area contributed by atoms with Crippen molar-refractivity contribution in [1.29, 1.82) is 5.26 Å². The lowest BCUT2D eigenvalue weighted by Crippen LogP contribution is -2.28. The van der Waals surface area contributed by atoms with Crippen molar-refractivity contribution >= 4 is 18.3 Å². The SMILES string of the molecule is N#Cc1ccc(CNc2ccc3c(c2)B(O)OC3)cc1. The first-order valence-electron chi connectivity index (χ1n) is 6.41. The maximum Gasteiger partial charge on any atom is 0.491 e. The van der Waals surface area contributed by atoms with Crippen LogP contribution >= 0.6 is 0 Å². The number of nitrogens with one attached hydrogen (secondary N) is 1. The highest BCUT2D eigenvalue weighted by molar-refractivity contribution is 6.61.